The predicted molar refractivity (Wildman–Crippen MR) is 86.8 cm³/mol. The first-order valence-corrected chi connectivity index (χ1v) is 7.86. The maximum Gasteiger partial charge on any atom is 0.225 e. The number of rotatable bonds is 1. The molecule has 1 aliphatic heterocycles. The molecule has 0 saturated carbocycles. The summed E-state index contributed by atoms with van der Waals surface area (Å²) in [6.45, 7) is 0.691. The molecule has 5 heteroatoms. The molecule has 0 saturated heterocycles. The predicted octanol–water partition coefficient (Wildman–Crippen LogP) is 2.29. The zero-order valence-electron chi connectivity index (χ0n) is 11.7. The number of amides is 1. The van der Waals surface area contributed by atoms with Gasteiger partial charge in [-0.05, 0) is 52.2 Å². The number of fused-ring (bicyclic) bond motifs is 2. The minimum absolute atomic E-state index is 0.208. The molecule has 3 N–H and O–H groups in total. The molecular formula is C16H16BrN3O. The van der Waals surface area contributed by atoms with Gasteiger partial charge in [0.1, 0.15) is 0 Å². The van der Waals surface area contributed by atoms with Crippen LogP contribution in [0, 0.1) is 5.92 Å². The highest BCUT2D eigenvalue weighted by Crippen LogP contribution is 2.43. The summed E-state index contributed by atoms with van der Waals surface area (Å²) in [5.74, 6) is -0.457. The molecule has 0 bridgehead atoms. The molecule has 0 unspecified atom stereocenters. The molecule has 0 fully saturated rings. The van der Waals surface area contributed by atoms with Crippen molar-refractivity contribution in [2.75, 3.05) is 13.6 Å². The van der Waals surface area contributed by atoms with Gasteiger partial charge >= 0.3 is 0 Å². The Morgan fingerprint density at radius 3 is 3.05 bits per heavy atom. The second-order valence-electron chi connectivity index (χ2n) is 5.94. The molecule has 21 heavy (non-hydrogen) atoms. The number of carbonyl (C=O) groups is 1. The van der Waals surface area contributed by atoms with E-state index in [-0.39, 0.29) is 11.8 Å². The second kappa shape index (κ2) is 4.45. The van der Waals surface area contributed by atoms with Crippen LogP contribution in [0.15, 0.2) is 28.9 Å². The van der Waals surface area contributed by atoms with E-state index in [0.717, 1.165) is 16.5 Å². The van der Waals surface area contributed by atoms with Crippen molar-refractivity contribution in [3.05, 3.63) is 40.0 Å². The van der Waals surface area contributed by atoms with Gasteiger partial charge in [0.2, 0.25) is 5.91 Å². The molecular weight excluding hydrogens is 330 g/mol. The summed E-state index contributed by atoms with van der Waals surface area (Å²) < 4.78 is 1.06. The highest BCUT2D eigenvalue weighted by atomic mass is 79.9. The third kappa shape index (κ3) is 1.80. The summed E-state index contributed by atoms with van der Waals surface area (Å²) in [4.78, 5) is 17.2. The number of nitrogens with one attached hydrogen (secondary N) is 1. The van der Waals surface area contributed by atoms with E-state index in [1.54, 1.807) is 0 Å². The van der Waals surface area contributed by atoms with Gasteiger partial charge in [-0.3, -0.25) is 9.69 Å². The molecule has 1 aromatic carbocycles. The molecule has 2 heterocycles. The fourth-order valence-corrected chi connectivity index (χ4v) is 4.25. The monoisotopic (exact) mass is 345 g/mol. The van der Waals surface area contributed by atoms with Crippen LogP contribution in [-0.2, 0) is 11.2 Å². The van der Waals surface area contributed by atoms with Crippen LogP contribution in [0.4, 0.5) is 0 Å². The lowest BCUT2D eigenvalue weighted by Crippen LogP contribution is -2.45. The summed E-state index contributed by atoms with van der Waals surface area (Å²) in [5, 5.41) is 1.27. The van der Waals surface area contributed by atoms with Crippen molar-refractivity contribution >= 4 is 38.3 Å². The number of hydrogen-bond acceptors (Lipinski definition) is 2. The Bertz CT molecular complexity index is 792. The SMILES string of the molecule is CN1C[C@@H](C(N)=O)C=C2c3cccc4[nH]c(Br)c(c34)C[C@H]21. The summed E-state index contributed by atoms with van der Waals surface area (Å²) in [7, 11) is 2.07. The van der Waals surface area contributed by atoms with E-state index >= 15 is 0 Å². The van der Waals surface area contributed by atoms with Crippen LogP contribution < -0.4 is 5.73 Å². The molecule has 1 aromatic heterocycles. The summed E-state index contributed by atoms with van der Waals surface area (Å²) >= 11 is 3.64. The van der Waals surface area contributed by atoms with Gasteiger partial charge in [-0.25, -0.2) is 0 Å². The van der Waals surface area contributed by atoms with E-state index in [1.807, 2.05) is 0 Å². The minimum atomic E-state index is -0.249. The number of likely N-dealkylation sites (N-methyl/N-ethyl adjacent to an activating group) is 1. The molecule has 108 valence electrons. The first-order valence-electron chi connectivity index (χ1n) is 7.07. The lowest BCUT2D eigenvalue weighted by Gasteiger charge is -2.39. The molecule has 2 aliphatic rings. The van der Waals surface area contributed by atoms with Crippen LogP contribution in [0.25, 0.3) is 16.5 Å². The van der Waals surface area contributed by atoms with Crippen LogP contribution in [0.2, 0.25) is 0 Å². The van der Waals surface area contributed by atoms with Gasteiger partial charge in [-0.1, -0.05) is 18.2 Å². The van der Waals surface area contributed by atoms with E-state index in [2.05, 4.69) is 57.1 Å². The number of aromatic nitrogens is 1. The van der Waals surface area contributed by atoms with Gasteiger partial charge < -0.3 is 10.7 Å². The molecule has 1 aliphatic carbocycles. The zero-order valence-corrected chi connectivity index (χ0v) is 13.3. The smallest absolute Gasteiger partial charge is 0.225 e. The molecule has 2 atom stereocenters. The van der Waals surface area contributed by atoms with Gasteiger partial charge in [-0.2, -0.15) is 0 Å². The molecule has 4 rings (SSSR count). The van der Waals surface area contributed by atoms with Gasteiger partial charge in [0.25, 0.3) is 0 Å². The second-order valence-corrected chi connectivity index (χ2v) is 6.73. The number of hydrogen-bond donors (Lipinski definition) is 2. The van der Waals surface area contributed by atoms with E-state index in [1.165, 1.54) is 22.1 Å². The molecule has 0 spiro atoms. The topological polar surface area (TPSA) is 62.1 Å². The first kappa shape index (κ1) is 13.1. The number of halogens is 1. The third-order valence-electron chi connectivity index (χ3n) is 4.71. The van der Waals surface area contributed by atoms with Crippen LogP contribution in [-0.4, -0.2) is 35.4 Å². The highest BCUT2D eigenvalue weighted by Gasteiger charge is 2.35. The average Bonchev–Trinajstić information content (AvgIpc) is 2.77. The summed E-state index contributed by atoms with van der Waals surface area (Å²) in [5.41, 5.74) is 10.4. The van der Waals surface area contributed by atoms with Gasteiger partial charge in [-0.15, -0.1) is 0 Å². The summed E-state index contributed by atoms with van der Waals surface area (Å²) in [6.07, 6.45) is 3.02. The molecule has 1 amide bonds. The Morgan fingerprint density at radius 2 is 2.29 bits per heavy atom. The lowest BCUT2D eigenvalue weighted by molar-refractivity contribution is -0.121. The van der Waals surface area contributed by atoms with E-state index in [0.29, 0.717) is 12.6 Å². The van der Waals surface area contributed by atoms with E-state index in [4.69, 9.17) is 5.73 Å². The first-order chi connectivity index (χ1) is 10.1. The quantitative estimate of drug-likeness (QED) is 0.832. The maximum atomic E-state index is 11.6. The number of benzene rings is 1. The number of nitrogens with zero attached hydrogens (tertiary/aromatic N) is 1. The van der Waals surface area contributed by atoms with E-state index in [9.17, 15) is 4.79 Å². The van der Waals surface area contributed by atoms with Crippen molar-refractivity contribution in [1.82, 2.24) is 9.88 Å². The van der Waals surface area contributed by atoms with Crippen LogP contribution >= 0.6 is 15.9 Å². The fourth-order valence-electron chi connectivity index (χ4n) is 3.67. The Kier molecular flexibility index (Phi) is 2.78. The van der Waals surface area contributed by atoms with Gasteiger partial charge in [0.05, 0.1) is 10.5 Å². The molecule has 2 aromatic rings. The fraction of sp³-hybridized carbons (Fsp3) is 0.312. The van der Waals surface area contributed by atoms with Crippen molar-refractivity contribution in [3.8, 4) is 0 Å². The van der Waals surface area contributed by atoms with Gasteiger partial charge in [0.15, 0.2) is 0 Å². The van der Waals surface area contributed by atoms with Crippen molar-refractivity contribution < 1.29 is 4.79 Å². The van der Waals surface area contributed by atoms with Crippen LogP contribution in [0.5, 0.6) is 0 Å². The zero-order chi connectivity index (χ0) is 14.7. The minimum Gasteiger partial charge on any atom is -0.369 e. The summed E-state index contributed by atoms with van der Waals surface area (Å²) in [6, 6.07) is 6.60. The Hall–Kier alpha value is -1.59. The van der Waals surface area contributed by atoms with Crippen molar-refractivity contribution in [2.24, 2.45) is 11.7 Å². The van der Waals surface area contributed by atoms with Crippen molar-refractivity contribution in [2.45, 2.75) is 12.5 Å². The lowest BCUT2D eigenvalue weighted by atomic mass is 9.80. The Labute approximate surface area is 131 Å². The number of primary amides is 1. The largest absolute Gasteiger partial charge is 0.369 e. The van der Waals surface area contributed by atoms with Crippen molar-refractivity contribution in [3.63, 3.8) is 0 Å². The normalized spacial score (nSPS) is 24.8. The number of carbonyl (C=O) groups excluding carboxylic acids is 1. The maximum absolute atomic E-state index is 11.6. The number of aromatic amines is 1. The third-order valence-corrected chi connectivity index (χ3v) is 5.38. The van der Waals surface area contributed by atoms with Crippen molar-refractivity contribution in [1.29, 1.82) is 0 Å². The van der Waals surface area contributed by atoms with Gasteiger partial charge in [0, 0.05) is 23.5 Å². The molecule has 4 nitrogen and oxygen atoms in total. The van der Waals surface area contributed by atoms with E-state index < -0.39 is 0 Å². The molecule has 0 radical (unpaired) electrons. The average molecular weight is 346 g/mol. The standard InChI is InChI=1S/C16H16BrN3O/c1-20-7-8(16(18)21)5-10-9-3-2-4-12-14(9)11(6-13(10)20)15(17)19-12/h2-5,8,13,19H,6-7H2,1H3,(H2,18,21)/t8-,13+/m0/s1. The highest BCUT2D eigenvalue weighted by molar-refractivity contribution is 9.10. The Balaban J connectivity index is 1.99. The van der Waals surface area contributed by atoms with Crippen LogP contribution in [0.1, 0.15) is 11.1 Å². The number of H-pyrrole nitrogens is 1. The van der Waals surface area contributed by atoms with Crippen LogP contribution in [0.3, 0.4) is 0 Å². The number of nitrogens with two attached hydrogens (primary N) is 1. The Morgan fingerprint density at radius 1 is 1.48 bits per heavy atom.